The molecule has 0 radical (unpaired) electrons. The van der Waals surface area contributed by atoms with Crippen LogP contribution in [0.2, 0.25) is 0 Å². The van der Waals surface area contributed by atoms with E-state index in [0.29, 0.717) is 12.6 Å². The van der Waals surface area contributed by atoms with E-state index in [4.69, 9.17) is 0 Å². The number of amides is 1. The van der Waals surface area contributed by atoms with Crippen molar-refractivity contribution in [3.63, 3.8) is 0 Å². The molecule has 0 aliphatic heterocycles. The van der Waals surface area contributed by atoms with Gasteiger partial charge in [-0.3, -0.25) is 4.79 Å². The van der Waals surface area contributed by atoms with Crippen LogP contribution >= 0.6 is 0 Å². The van der Waals surface area contributed by atoms with Crippen molar-refractivity contribution in [2.75, 3.05) is 20.6 Å². The standard InChI is InChI=1S/C12H24N2O/c1-14(2)12(15)10-13-11-8-6-4-3-5-7-9-11/h11,13H,3-10H2,1-2H3. The summed E-state index contributed by atoms with van der Waals surface area (Å²) >= 11 is 0. The van der Waals surface area contributed by atoms with E-state index >= 15 is 0 Å². The first-order valence-electron chi connectivity index (χ1n) is 6.13. The minimum atomic E-state index is 0.178. The molecule has 0 aromatic carbocycles. The smallest absolute Gasteiger partial charge is 0.236 e. The first-order chi connectivity index (χ1) is 7.20. The van der Waals surface area contributed by atoms with Gasteiger partial charge >= 0.3 is 0 Å². The molecule has 0 heterocycles. The zero-order valence-corrected chi connectivity index (χ0v) is 10.1. The van der Waals surface area contributed by atoms with Crippen LogP contribution in [0.5, 0.6) is 0 Å². The first-order valence-corrected chi connectivity index (χ1v) is 6.13. The van der Waals surface area contributed by atoms with Crippen LogP contribution in [0.25, 0.3) is 0 Å². The molecule has 1 saturated carbocycles. The summed E-state index contributed by atoms with van der Waals surface area (Å²) in [7, 11) is 3.62. The van der Waals surface area contributed by atoms with Crippen molar-refractivity contribution in [2.24, 2.45) is 0 Å². The van der Waals surface area contributed by atoms with Crippen molar-refractivity contribution in [3.05, 3.63) is 0 Å². The molecule has 1 amide bonds. The van der Waals surface area contributed by atoms with Crippen LogP contribution in [0.3, 0.4) is 0 Å². The molecule has 1 rings (SSSR count). The van der Waals surface area contributed by atoms with Gasteiger partial charge in [-0.2, -0.15) is 0 Å². The Hall–Kier alpha value is -0.570. The number of nitrogens with one attached hydrogen (secondary N) is 1. The van der Waals surface area contributed by atoms with Crippen LogP contribution in [0.1, 0.15) is 44.9 Å². The average Bonchev–Trinajstić information content (AvgIpc) is 2.15. The molecule has 1 aliphatic carbocycles. The lowest BCUT2D eigenvalue weighted by Gasteiger charge is -2.21. The fraction of sp³-hybridized carbons (Fsp3) is 0.917. The Bertz CT molecular complexity index is 184. The van der Waals surface area contributed by atoms with Gasteiger partial charge in [0.1, 0.15) is 0 Å². The molecule has 0 aromatic rings. The molecule has 0 atom stereocenters. The molecule has 0 spiro atoms. The number of carbonyl (C=O) groups excluding carboxylic acids is 1. The van der Waals surface area contributed by atoms with Gasteiger partial charge in [0.15, 0.2) is 0 Å². The summed E-state index contributed by atoms with van der Waals surface area (Å²) in [4.78, 5) is 13.1. The quantitative estimate of drug-likeness (QED) is 0.773. The molecule has 0 aromatic heterocycles. The number of nitrogens with zero attached hydrogens (tertiary/aromatic N) is 1. The topological polar surface area (TPSA) is 32.3 Å². The first kappa shape index (κ1) is 12.5. The van der Waals surface area contributed by atoms with Crippen molar-refractivity contribution >= 4 is 5.91 Å². The minimum absolute atomic E-state index is 0.178. The molecule has 1 fully saturated rings. The zero-order chi connectivity index (χ0) is 11.1. The summed E-state index contributed by atoms with van der Waals surface area (Å²) in [5, 5.41) is 3.38. The number of hydrogen-bond donors (Lipinski definition) is 1. The molecule has 0 unspecified atom stereocenters. The van der Waals surface area contributed by atoms with E-state index in [1.165, 1.54) is 44.9 Å². The second-order valence-electron chi connectivity index (χ2n) is 4.71. The maximum absolute atomic E-state index is 11.4. The Morgan fingerprint density at radius 3 is 2.20 bits per heavy atom. The molecule has 1 N–H and O–H groups in total. The second-order valence-corrected chi connectivity index (χ2v) is 4.71. The summed E-state index contributed by atoms with van der Waals surface area (Å²) in [5.74, 6) is 0.178. The maximum Gasteiger partial charge on any atom is 0.236 e. The highest BCUT2D eigenvalue weighted by molar-refractivity contribution is 5.77. The SMILES string of the molecule is CN(C)C(=O)CNC1CCCCCCC1. The lowest BCUT2D eigenvalue weighted by molar-refractivity contribution is -0.127. The van der Waals surface area contributed by atoms with Gasteiger partial charge in [0.2, 0.25) is 5.91 Å². The molecule has 3 nitrogen and oxygen atoms in total. The molecule has 1 aliphatic rings. The summed E-state index contributed by atoms with van der Waals surface area (Å²) in [6, 6.07) is 0.564. The maximum atomic E-state index is 11.4. The van der Waals surface area contributed by atoms with Crippen molar-refractivity contribution in [3.8, 4) is 0 Å². The van der Waals surface area contributed by atoms with Gasteiger partial charge in [0.05, 0.1) is 6.54 Å². The van der Waals surface area contributed by atoms with Crippen molar-refractivity contribution in [1.29, 1.82) is 0 Å². The lowest BCUT2D eigenvalue weighted by atomic mass is 9.97. The van der Waals surface area contributed by atoms with E-state index < -0.39 is 0 Å². The molecule has 0 bridgehead atoms. The molecular formula is C12H24N2O. The van der Waals surface area contributed by atoms with E-state index in [1.807, 2.05) is 14.1 Å². The monoisotopic (exact) mass is 212 g/mol. The van der Waals surface area contributed by atoms with Crippen molar-refractivity contribution in [2.45, 2.75) is 51.0 Å². The van der Waals surface area contributed by atoms with E-state index in [0.717, 1.165) is 0 Å². The Balaban J connectivity index is 2.20. The molecular weight excluding hydrogens is 188 g/mol. The van der Waals surface area contributed by atoms with Gasteiger partial charge in [0, 0.05) is 20.1 Å². The highest BCUT2D eigenvalue weighted by Crippen LogP contribution is 2.16. The summed E-state index contributed by atoms with van der Waals surface area (Å²) in [6.07, 6.45) is 9.21. The Morgan fingerprint density at radius 1 is 1.13 bits per heavy atom. The summed E-state index contributed by atoms with van der Waals surface area (Å²) in [5.41, 5.74) is 0. The van der Waals surface area contributed by atoms with Crippen LogP contribution in [0.15, 0.2) is 0 Å². The van der Waals surface area contributed by atoms with E-state index in [9.17, 15) is 4.79 Å². The van der Waals surface area contributed by atoms with Gasteiger partial charge in [-0.15, -0.1) is 0 Å². The Kier molecular flexibility index (Phi) is 5.69. The Morgan fingerprint density at radius 2 is 1.67 bits per heavy atom. The number of likely N-dealkylation sites (N-methyl/N-ethyl adjacent to an activating group) is 1. The van der Waals surface area contributed by atoms with Crippen LogP contribution in [-0.2, 0) is 4.79 Å². The molecule has 0 saturated heterocycles. The Labute approximate surface area is 93.2 Å². The van der Waals surface area contributed by atoms with Gasteiger partial charge in [0.25, 0.3) is 0 Å². The van der Waals surface area contributed by atoms with Gasteiger partial charge in [-0.05, 0) is 12.8 Å². The van der Waals surface area contributed by atoms with Crippen molar-refractivity contribution in [1.82, 2.24) is 10.2 Å². The fourth-order valence-electron chi connectivity index (χ4n) is 2.05. The third-order valence-electron chi connectivity index (χ3n) is 3.15. The van der Waals surface area contributed by atoms with Gasteiger partial charge in [-0.1, -0.05) is 32.1 Å². The molecule has 3 heteroatoms. The summed E-state index contributed by atoms with van der Waals surface area (Å²) < 4.78 is 0. The normalized spacial score (nSPS) is 19.3. The highest BCUT2D eigenvalue weighted by atomic mass is 16.2. The zero-order valence-electron chi connectivity index (χ0n) is 10.1. The number of carbonyl (C=O) groups is 1. The van der Waals surface area contributed by atoms with Crippen molar-refractivity contribution < 1.29 is 4.79 Å². The largest absolute Gasteiger partial charge is 0.348 e. The minimum Gasteiger partial charge on any atom is -0.348 e. The van der Waals surface area contributed by atoms with E-state index in [-0.39, 0.29) is 5.91 Å². The average molecular weight is 212 g/mol. The van der Waals surface area contributed by atoms with Gasteiger partial charge in [-0.25, -0.2) is 0 Å². The lowest BCUT2D eigenvalue weighted by Crippen LogP contribution is -2.38. The number of hydrogen-bond acceptors (Lipinski definition) is 2. The van der Waals surface area contributed by atoms with Crippen LogP contribution < -0.4 is 5.32 Å². The fourth-order valence-corrected chi connectivity index (χ4v) is 2.05. The predicted octanol–water partition coefficient (Wildman–Crippen LogP) is 1.78. The van der Waals surface area contributed by atoms with Crippen LogP contribution in [-0.4, -0.2) is 37.5 Å². The molecule has 15 heavy (non-hydrogen) atoms. The van der Waals surface area contributed by atoms with Gasteiger partial charge < -0.3 is 10.2 Å². The third kappa shape index (κ3) is 5.17. The van der Waals surface area contributed by atoms with Crippen LogP contribution in [0, 0.1) is 0 Å². The highest BCUT2D eigenvalue weighted by Gasteiger charge is 2.12. The molecule has 88 valence electrons. The summed E-state index contributed by atoms with van der Waals surface area (Å²) in [6.45, 7) is 0.498. The predicted molar refractivity (Wildman–Crippen MR) is 62.8 cm³/mol. The second kappa shape index (κ2) is 6.83. The van der Waals surface area contributed by atoms with Crippen LogP contribution in [0.4, 0.5) is 0 Å². The van der Waals surface area contributed by atoms with E-state index in [2.05, 4.69) is 5.32 Å². The van der Waals surface area contributed by atoms with E-state index in [1.54, 1.807) is 4.90 Å². The number of rotatable bonds is 3. The third-order valence-corrected chi connectivity index (χ3v) is 3.15.